The highest BCUT2D eigenvalue weighted by molar-refractivity contribution is 5.80. The van der Waals surface area contributed by atoms with Crippen LogP contribution in [-0.4, -0.2) is 18.6 Å². The van der Waals surface area contributed by atoms with Gasteiger partial charge in [-0.3, -0.25) is 0 Å². The number of anilines is 1. The number of fused-ring (bicyclic) bond motifs is 1. The number of hydrogen-bond donors (Lipinski definition) is 1. The Morgan fingerprint density at radius 3 is 3.12 bits per heavy atom. The number of ether oxygens (including phenoxy) is 1. The highest BCUT2D eigenvalue weighted by atomic mass is 16.5. The Labute approximate surface area is 102 Å². The molecule has 0 unspecified atom stereocenters. The lowest BCUT2D eigenvalue weighted by Gasteiger charge is -2.25. The molecule has 0 aliphatic carbocycles. The maximum absolute atomic E-state index is 11.8. The number of carbonyl (C=O) groups excluding carboxylic acids is 1. The number of benzene rings is 1. The topological polar surface area (TPSA) is 38.3 Å². The van der Waals surface area contributed by atoms with Crippen molar-refractivity contribution in [3.05, 3.63) is 29.8 Å². The summed E-state index contributed by atoms with van der Waals surface area (Å²) in [5.74, 6) is -0.118. The predicted molar refractivity (Wildman–Crippen MR) is 68.0 cm³/mol. The molecule has 2 rings (SSSR count). The lowest BCUT2D eigenvalue weighted by atomic mass is 9.98. The van der Waals surface area contributed by atoms with E-state index in [1.165, 1.54) is 5.56 Å². The van der Waals surface area contributed by atoms with E-state index >= 15 is 0 Å². The van der Waals surface area contributed by atoms with E-state index in [9.17, 15) is 4.79 Å². The van der Waals surface area contributed by atoms with Gasteiger partial charge in [-0.1, -0.05) is 31.5 Å². The van der Waals surface area contributed by atoms with Crippen molar-refractivity contribution in [1.29, 1.82) is 0 Å². The quantitative estimate of drug-likeness (QED) is 0.642. The molecule has 0 bridgehead atoms. The molecule has 1 aliphatic heterocycles. The molecule has 0 spiro atoms. The van der Waals surface area contributed by atoms with Crippen molar-refractivity contribution in [3.8, 4) is 0 Å². The fourth-order valence-corrected chi connectivity index (χ4v) is 2.03. The van der Waals surface area contributed by atoms with Crippen molar-refractivity contribution >= 4 is 11.7 Å². The van der Waals surface area contributed by atoms with Crippen LogP contribution in [0.15, 0.2) is 24.3 Å². The van der Waals surface area contributed by atoms with E-state index in [-0.39, 0.29) is 12.0 Å². The van der Waals surface area contributed by atoms with E-state index in [2.05, 4.69) is 18.3 Å². The molecule has 1 aromatic carbocycles. The van der Waals surface area contributed by atoms with Gasteiger partial charge in [-0.15, -0.1) is 0 Å². The van der Waals surface area contributed by atoms with Gasteiger partial charge in [0.25, 0.3) is 0 Å². The number of aryl methyl sites for hydroxylation is 1. The molecule has 0 saturated carbocycles. The van der Waals surface area contributed by atoms with Gasteiger partial charge in [0.05, 0.1) is 6.61 Å². The van der Waals surface area contributed by atoms with E-state index < -0.39 is 0 Å². The number of hydrogen-bond acceptors (Lipinski definition) is 3. The molecule has 1 N–H and O–H groups in total. The summed E-state index contributed by atoms with van der Waals surface area (Å²) >= 11 is 0. The molecule has 1 heterocycles. The van der Waals surface area contributed by atoms with Gasteiger partial charge in [0.1, 0.15) is 6.04 Å². The van der Waals surface area contributed by atoms with Gasteiger partial charge in [0, 0.05) is 5.69 Å². The summed E-state index contributed by atoms with van der Waals surface area (Å²) in [4.78, 5) is 11.8. The Morgan fingerprint density at radius 1 is 1.47 bits per heavy atom. The zero-order chi connectivity index (χ0) is 12.1. The van der Waals surface area contributed by atoms with Crippen LogP contribution in [0.5, 0.6) is 0 Å². The second-order valence-corrected chi connectivity index (χ2v) is 4.41. The van der Waals surface area contributed by atoms with Crippen LogP contribution in [0.2, 0.25) is 0 Å². The van der Waals surface area contributed by atoms with Gasteiger partial charge in [-0.05, 0) is 30.9 Å². The SMILES string of the molecule is CCCCOC(=O)[C@H]1CCc2ccccc2N1. The normalized spacial score (nSPS) is 18.1. The molecule has 0 aromatic heterocycles. The highest BCUT2D eigenvalue weighted by Crippen LogP contribution is 2.24. The second kappa shape index (κ2) is 5.71. The molecule has 1 atom stereocenters. The first-order chi connectivity index (χ1) is 8.31. The standard InChI is InChI=1S/C14H19NO2/c1-2-3-10-17-14(16)13-9-8-11-6-4-5-7-12(11)15-13/h4-7,13,15H,2-3,8-10H2,1H3/t13-/m1/s1. The molecule has 0 radical (unpaired) electrons. The number of carbonyl (C=O) groups is 1. The molecule has 1 aliphatic rings. The van der Waals surface area contributed by atoms with Crippen LogP contribution in [-0.2, 0) is 16.0 Å². The zero-order valence-corrected chi connectivity index (χ0v) is 10.2. The third-order valence-corrected chi connectivity index (χ3v) is 3.08. The lowest BCUT2D eigenvalue weighted by Crippen LogP contribution is -2.35. The van der Waals surface area contributed by atoms with E-state index in [0.717, 1.165) is 31.4 Å². The summed E-state index contributed by atoms with van der Waals surface area (Å²) in [6, 6.07) is 7.94. The van der Waals surface area contributed by atoms with Gasteiger partial charge in [0.2, 0.25) is 0 Å². The molecule has 0 amide bonds. The Bertz CT molecular complexity index is 390. The third-order valence-electron chi connectivity index (χ3n) is 3.08. The first-order valence-corrected chi connectivity index (χ1v) is 6.32. The number of rotatable bonds is 4. The monoisotopic (exact) mass is 233 g/mol. The maximum Gasteiger partial charge on any atom is 0.328 e. The summed E-state index contributed by atoms with van der Waals surface area (Å²) in [5, 5.41) is 3.25. The van der Waals surface area contributed by atoms with Crippen LogP contribution in [0.3, 0.4) is 0 Å². The summed E-state index contributed by atoms with van der Waals surface area (Å²) in [6.45, 7) is 2.62. The fourth-order valence-electron chi connectivity index (χ4n) is 2.03. The first-order valence-electron chi connectivity index (χ1n) is 6.32. The molecule has 92 valence electrons. The van der Waals surface area contributed by atoms with Gasteiger partial charge >= 0.3 is 5.97 Å². The molecule has 3 nitrogen and oxygen atoms in total. The Kier molecular flexibility index (Phi) is 4.02. The number of unbranched alkanes of at least 4 members (excludes halogenated alkanes) is 1. The van der Waals surface area contributed by atoms with Crippen molar-refractivity contribution in [2.24, 2.45) is 0 Å². The van der Waals surface area contributed by atoms with E-state index in [0.29, 0.717) is 6.61 Å². The Balaban J connectivity index is 1.91. The fraction of sp³-hybridized carbons (Fsp3) is 0.500. The number of esters is 1. The molecule has 3 heteroatoms. The van der Waals surface area contributed by atoms with Crippen molar-refractivity contribution in [2.75, 3.05) is 11.9 Å². The average Bonchev–Trinajstić information content (AvgIpc) is 2.38. The van der Waals surface area contributed by atoms with Crippen molar-refractivity contribution in [2.45, 2.75) is 38.6 Å². The smallest absolute Gasteiger partial charge is 0.328 e. The number of para-hydroxylation sites is 1. The van der Waals surface area contributed by atoms with Gasteiger partial charge in [-0.2, -0.15) is 0 Å². The molecule has 0 fully saturated rings. The predicted octanol–water partition coefficient (Wildman–Crippen LogP) is 2.76. The second-order valence-electron chi connectivity index (χ2n) is 4.41. The number of nitrogens with one attached hydrogen (secondary N) is 1. The minimum absolute atomic E-state index is 0.118. The molecular formula is C14H19NO2. The van der Waals surface area contributed by atoms with Crippen LogP contribution in [0, 0.1) is 0 Å². The van der Waals surface area contributed by atoms with E-state index in [1.807, 2.05) is 18.2 Å². The maximum atomic E-state index is 11.8. The summed E-state index contributed by atoms with van der Waals surface area (Å²) in [5.41, 5.74) is 2.35. The van der Waals surface area contributed by atoms with Crippen LogP contribution in [0.25, 0.3) is 0 Å². The van der Waals surface area contributed by atoms with Crippen molar-refractivity contribution in [3.63, 3.8) is 0 Å². The van der Waals surface area contributed by atoms with E-state index in [4.69, 9.17) is 4.74 Å². The lowest BCUT2D eigenvalue weighted by molar-refractivity contribution is -0.144. The van der Waals surface area contributed by atoms with Gasteiger partial charge in [-0.25, -0.2) is 4.79 Å². The van der Waals surface area contributed by atoms with Crippen molar-refractivity contribution < 1.29 is 9.53 Å². The Morgan fingerprint density at radius 2 is 2.29 bits per heavy atom. The van der Waals surface area contributed by atoms with Crippen molar-refractivity contribution in [1.82, 2.24) is 0 Å². The van der Waals surface area contributed by atoms with Crippen LogP contribution >= 0.6 is 0 Å². The first kappa shape index (κ1) is 12.0. The highest BCUT2D eigenvalue weighted by Gasteiger charge is 2.24. The Hall–Kier alpha value is -1.51. The molecule has 17 heavy (non-hydrogen) atoms. The third kappa shape index (κ3) is 2.99. The van der Waals surface area contributed by atoms with Crippen LogP contribution in [0.4, 0.5) is 5.69 Å². The average molecular weight is 233 g/mol. The summed E-state index contributed by atoms with van der Waals surface area (Å²) in [7, 11) is 0. The van der Waals surface area contributed by atoms with E-state index in [1.54, 1.807) is 0 Å². The van der Waals surface area contributed by atoms with Gasteiger partial charge < -0.3 is 10.1 Å². The molecular weight excluding hydrogens is 214 g/mol. The van der Waals surface area contributed by atoms with Gasteiger partial charge in [0.15, 0.2) is 0 Å². The van der Waals surface area contributed by atoms with Crippen LogP contribution in [0.1, 0.15) is 31.7 Å². The summed E-state index contributed by atoms with van der Waals surface area (Å²) in [6.07, 6.45) is 3.75. The minimum Gasteiger partial charge on any atom is -0.464 e. The van der Waals surface area contributed by atoms with Crippen LogP contribution < -0.4 is 5.32 Å². The molecule has 0 saturated heterocycles. The largest absolute Gasteiger partial charge is 0.464 e. The minimum atomic E-state index is -0.179. The summed E-state index contributed by atoms with van der Waals surface area (Å²) < 4.78 is 5.24. The zero-order valence-electron chi connectivity index (χ0n) is 10.2. The molecule has 1 aromatic rings.